The highest BCUT2D eigenvalue weighted by Gasteiger charge is 2.55. The predicted molar refractivity (Wildman–Crippen MR) is 67.3 cm³/mol. The van der Waals surface area contributed by atoms with Crippen LogP contribution in [0.25, 0.3) is 0 Å². The van der Waals surface area contributed by atoms with Crippen molar-refractivity contribution >= 4 is 0 Å². The second-order valence-electron chi connectivity index (χ2n) is 6.43. The molecule has 0 radical (unpaired) electrons. The van der Waals surface area contributed by atoms with E-state index in [0.29, 0.717) is 12.5 Å². The molecule has 2 rings (SSSR count). The van der Waals surface area contributed by atoms with Gasteiger partial charge in [0.25, 0.3) is 0 Å². The zero-order chi connectivity index (χ0) is 11.8. The summed E-state index contributed by atoms with van der Waals surface area (Å²) in [5, 5.41) is 9.55. The van der Waals surface area contributed by atoms with Crippen molar-refractivity contribution in [2.24, 2.45) is 23.2 Å². The Morgan fingerprint density at radius 3 is 2.38 bits per heavy atom. The third kappa shape index (κ3) is 2.28. The maximum atomic E-state index is 9.55. The number of nitrogens with zero attached hydrogens (tertiary/aromatic N) is 1. The summed E-state index contributed by atoms with van der Waals surface area (Å²) in [6.07, 6.45) is 3.97. The summed E-state index contributed by atoms with van der Waals surface area (Å²) in [4.78, 5) is 2.62. The molecule has 0 bridgehead atoms. The van der Waals surface area contributed by atoms with Gasteiger partial charge in [0, 0.05) is 18.6 Å². The second kappa shape index (κ2) is 4.66. The molecule has 1 saturated carbocycles. The highest BCUT2D eigenvalue weighted by molar-refractivity contribution is 5.05. The van der Waals surface area contributed by atoms with E-state index in [1.807, 2.05) is 0 Å². The van der Waals surface area contributed by atoms with Crippen LogP contribution < -0.4 is 0 Å². The van der Waals surface area contributed by atoms with Gasteiger partial charge < -0.3 is 10.0 Å². The SMILES string of the molecule is CC1CCN(CC2CC2(CO)C(C)C)CC1. The lowest BCUT2D eigenvalue weighted by Gasteiger charge is -2.31. The van der Waals surface area contributed by atoms with E-state index in [0.717, 1.165) is 11.8 Å². The van der Waals surface area contributed by atoms with Gasteiger partial charge in [-0.05, 0) is 50.1 Å². The first-order valence-corrected chi connectivity index (χ1v) is 6.91. The van der Waals surface area contributed by atoms with E-state index in [-0.39, 0.29) is 5.41 Å². The third-order valence-electron chi connectivity index (χ3n) is 5.08. The van der Waals surface area contributed by atoms with Gasteiger partial charge >= 0.3 is 0 Å². The minimum atomic E-state index is 0.267. The molecule has 94 valence electrons. The summed E-state index contributed by atoms with van der Waals surface area (Å²) in [7, 11) is 0. The molecule has 1 aliphatic carbocycles. The zero-order valence-corrected chi connectivity index (χ0v) is 11.1. The van der Waals surface area contributed by atoms with Crippen molar-refractivity contribution in [2.45, 2.75) is 40.0 Å². The first-order chi connectivity index (χ1) is 7.58. The van der Waals surface area contributed by atoms with E-state index in [9.17, 15) is 5.11 Å². The van der Waals surface area contributed by atoms with Gasteiger partial charge in [-0.3, -0.25) is 0 Å². The summed E-state index contributed by atoms with van der Waals surface area (Å²) < 4.78 is 0. The zero-order valence-electron chi connectivity index (χ0n) is 11.1. The fourth-order valence-electron chi connectivity index (χ4n) is 3.29. The normalized spacial score (nSPS) is 36.9. The van der Waals surface area contributed by atoms with Gasteiger partial charge in [-0.25, -0.2) is 0 Å². The van der Waals surface area contributed by atoms with Crippen molar-refractivity contribution < 1.29 is 5.11 Å². The first-order valence-electron chi connectivity index (χ1n) is 6.91. The van der Waals surface area contributed by atoms with Crippen molar-refractivity contribution in [2.75, 3.05) is 26.2 Å². The largest absolute Gasteiger partial charge is 0.396 e. The minimum Gasteiger partial charge on any atom is -0.396 e. The first kappa shape index (κ1) is 12.4. The fraction of sp³-hybridized carbons (Fsp3) is 1.00. The van der Waals surface area contributed by atoms with E-state index in [2.05, 4.69) is 25.7 Å². The molecule has 2 aliphatic rings. The average molecular weight is 225 g/mol. The van der Waals surface area contributed by atoms with Crippen molar-refractivity contribution in [3.63, 3.8) is 0 Å². The Morgan fingerprint density at radius 2 is 1.94 bits per heavy atom. The highest BCUT2D eigenvalue weighted by Crippen LogP contribution is 2.57. The van der Waals surface area contributed by atoms with Crippen LogP contribution in [0.5, 0.6) is 0 Å². The van der Waals surface area contributed by atoms with Crippen LogP contribution in [-0.4, -0.2) is 36.2 Å². The van der Waals surface area contributed by atoms with Crippen LogP contribution in [0.2, 0.25) is 0 Å². The number of rotatable bonds is 4. The van der Waals surface area contributed by atoms with E-state index in [1.54, 1.807) is 0 Å². The number of likely N-dealkylation sites (tertiary alicyclic amines) is 1. The summed E-state index contributed by atoms with van der Waals surface area (Å²) in [6.45, 7) is 11.0. The molecule has 0 aromatic heterocycles. The Labute approximate surface area is 100 Å². The molecule has 0 aromatic carbocycles. The lowest BCUT2D eigenvalue weighted by atomic mass is 9.90. The van der Waals surface area contributed by atoms with E-state index in [1.165, 1.54) is 38.9 Å². The molecule has 1 N–H and O–H groups in total. The maximum Gasteiger partial charge on any atom is 0.0493 e. The Hall–Kier alpha value is -0.0800. The van der Waals surface area contributed by atoms with Crippen LogP contribution in [0, 0.1) is 23.2 Å². The minimum absolute atomic E-state index is 0.267. The molecule has 2 unspecified atom stereocenters. The van der Waals surface area contributed by atoms with Crippen molar-refractivity contribution in [3.8, 4) is 0 Å². The van der Waals surface area contributed by atoms with Crippen LogP contribution in [0.1, 0.15) is 40.0 Å². The summed E-state index contributed by atoms with van der Waals surface area (Å²) >= 11 is 0. The molecule has 0 amide bonds. The molecular weight excluding hydrogens is 198 g/mol. The number of aliphatic hydroxyl groups excluding tert-OH is 1. The monoisotopic (exact) mass is 225 g/mol. The Balaban J connectivity index is 1.80. The molecule has 16 heavy (non-hydrogen) atoms. The predicted octanol–water partition coefficient (Wildman–Crippen LogP) is 2.37. The quantitative estimate of drug-likeness (QED) is 0.794. The molecule has 2 nitrogen and oxygen atoms in total. The van der Waals surface area contributed by atoms with Gasteiger partial charge in [0.15, 0.2) is 0 Å². The van der Waals surface area contributed by atoms with Crippen LogP contribution in [-0.2, 0) is 0 Å². The van der Waals surface area contributed by atoms with Crippen LogP contribution in [0.4, 0.5) is 0 Å². The molecule has 2 heteroatoms. The second-order valence-corrected chi connectivity index (χ2v) is 6.43. The maximum absolute atomic E-state index is 9.55. The Morgan fingerprint density at radius 1 is 1.31 bits per heavy atom. The van der Waals surface area contributed by atoms with Gasteiger partial charge in [-0.2, -0.15) is 0 Å². The number of hydrogen-bond donors (Lipinski definition) is 1. The highest BCUT2D eigenvalue weighted by atomic mass is 16.3. The molecule has 0 spiro atoms. The lowest BCUT2D eigenvalue weighted by Crippen LogP contribution is -2.36. The smallest absolute Gasteiger partial charge is 0.0493 e. The number of hydrogen-bond acceptors (Lipinski definition) is 2. The van der Waals surface area contributed by atoms with Gasteiger partial charge in [-0.1, -0.05) is 20.8 Å². The van der Waals surface area contributed by atoms with Crippen LogP contribution in [0.15, 0.2) is 0 Å². The molecule has 1 heterocycles. The molecule has 1 saturated heterocycles. The van der Waals surface area contributed by atoms with E-state index < -0.39 is 0 Å². The molecule has 2 atom stereocenters. The summed E-state index contributed by atoms with van der Waals surface area (Å²) in [5.41, 5.74) is 0.267. The number of aliphatic hydroxyl groups is 1. The molecule has 0 aromatic rings. The third-order valence-corrected chi connectivity index (χ3v) is 5.08. The van der Waals surface area contributed by atoms with Crippen molar-refractivity contribution in [1.29, 1.82) is 0 Å². The van der Waals surface area contributed by atoms with Crippen molar-refractivity contribution in [3.05, 3.63) is 0 Å². The van der Waals surface area contributed by atoms with Gasteiger partial charge in [0.05, 0.1) is 0 Å². The summed E-state index contributed by atoms with van der Waals surface area (Å²) in [5.74, 6) is 2.31. The fourth-order valence-corrected chi connectivity index (χ4v) is 3.29. The molecular formula is C14H27NO. The topological polar surface area (TPSA) is 23.5 Å². The van der Waals surface area contributed by atoms with E-state index in [4.69, 9.17) is 0 Å². The van der Waals surface area contributed by atoms with Gasteiger partial charge in [-0.15, -0.1) is 0 Å². The van der Waals surface area contributed by atoms with Gasteiger partial charge in [0.2, 0.25) is 0 Å². The standard InChI is InChI=1S/C14H27NO/c1-11(2)14(10-16)8-13(14)9-15-6-4-12(3)5-7-15/h11-13,16H,4-10H2,1-3H3. The van der Waals surface area contributed by atoms with Gasteiger partial charge in [0.1, 0.15) is 0 Å². The Kier molecular flexibility index (Phi) is 3.60. The van der Waals surface area contributed by atoms with Crippen LogP contribution in [0.3, 0.4) is 0 Å². The van der Waals surface area contributed by atoms with E-state index >= 15 is 0 Å². The Bertz CT molecular complexity index is 233. The average Bonchev–Trinajstić information content (AvgIpc) is 2.96. The molecule has 2 fully saturated rings. The lowest BCUT2D eigenvalue weighted by molar-refractivity contribution is 0.129. The summed E-state index contributed by atoms with van der Waals surface area (Å²) in [6, 6.07) is 0. The van der Waals surface area contributed by atoms with Crippen molar-refractivity contribution in [1.82, 2.24) is 4.90 Å². The van der Waals surface area contributed by atoms with Crippen LogP contribution >= 0.6 is 0 Å². The molecule has 1 aliphatic heterocycles. The number of piperidine rings is 1.